The second kappa shape index (κ2) is 7.57. The van der Waals surface area contributed by atoms with Crippen LogP contribution in [0.4, 0.5) is 24.5 Å². The van der Waals surface area contributed by atoms with Crippen LogP contribution in [0.1, 0.15) is 16.7 Å². The van der Waals surface area contributed by atoms with Crippen LogP contribution in [0.2, 0.25) is 0 Å². The predicted molar refractivity (Wildman–Crippen MR) is 92.2 cm³/mol. The molecular formula is C17H13BrF3N3O. The van der Waals surface area contributed by atoms with Gasteiger partial charge in [0, 0.05) is 15.8 Å². The number of aryl methyl sites for hydroxylation is 1. The summed E-state index contributed by atoms with van der Waals surface area (Å²) >= 11 is 3.32. The SMILES string of the molecule is Cc1cc(Br)ccc1NC(=O)CNc1ccc(C#N)c(C(F)(F)F)c1. The average Bonchev–Trinajstić information content (AvgIpc) is 2.54. The number of amides is 1. The Balaban J connectivity index is 2.06. The van der Waals surface area contributed by atoms with Gasteiger partial charge in [0.2, 0.25) is 5.91 Å². The second-order valence-corrected chi connectivity index (χ2v) is 6.15. The maximum absolute atomic E-state index is 12.9. The fraction of sp³-hybridized carbons (Fsp3) is 0.176. The average molecular weight is 412 g/mol. The summed E-state index contributed by atoms with van der Waals surface area (Å²) in [6.07, 6.45) is -4.64. The van der Waals surface area contributed by atoms with Crippen molar-refractivity contribution in [3.63, 3.8) is 0 Å². The molecule has 0 heterocycles. The predicted octanol–water partition coefficient (Wildman–Crippen LogP) is 4.70. The lowest BCUT2D eigenvalue weighted by Gasteiger charge is -2.13. The number of carbonyl (C=O) groups is 1. The lowest BCUT2D eigenvalue weighted by atomic mass is 10.1. The van der Waals surface area contributed by atoms with Gasteiger partial charge in [0.1, 0.15) is 0 Å². The second-order valence-electron chi connectivity index (χ2n) is 5.23. The van der Waals surface area contributed by atoms with E-state index in [0.29, 0.717) is 5.69 Å². The highest BCUT2D eigenvalue weighted by atomic mass is 79.9. The zero-order valence-corrected chi connectivity index (χ0v) is 14.6. The van der Waals surface area contributed by atoms with E-state index in [1.165, 1.54) is 12.1 Å². The number of nitrogens with one attached hydrogen (secondary N) is 2. The van der Waals surface area contributed by atoms with E-state index in [2.05, 4.69) is 26.6 Å². The van der Waals surface area contributed by atoms with Crippen LogP contribution in [0.15, 0.2) is 40.9 Å². The first-order valence-electron chi connectivity index (χ1n) is 7.12. The molecule has 4 nitrogen and oxygen atoms in total. The first kappa shape index (κ1) is 18.8. The number of halogens is 4. The standard InChI is InChI=1S/C17H13BrF3N3O/c1-10-6-12(18)3-5-15(10)24-16(25)9-23-13-4-2-11(8-22)14(7-13)17(19,20)21/h2-7,23H,9H2,1H3,(H,24,25). The molecule has 1 amide bonds. The molecule has 0 aliphatic carbocycles. The highest BCUT2D eigenvalue weighted by Crippen LogP contribution is 2.33. The zero-order valence-electron chi connectivity index (χ0n) is 13.0. The van der Waals surface area contributed by atoms with Crippen molar-refractivity contribution in [3.8, 4) is 6.07 Å². The van der Waals surface area contributed by atoms with E-state index < -0.39 is 23.2 Å². The van der Waals surface area contributed by atoms with Gasteiger partial charge in [-0.2, -0.15) is 18.4 Å². The van der Waals surface area contributed by atoms with Crippen molar-refractivity contribution >= 4 is 33.2 Å². The van der Waals surface area contributed by atoms with Gasteiger partial charge in [-0.1, -0.05) is 15.9 Å². The molecule has 0 radical (unpaired) electrons. The number of nitriles is 1. The normalized spacial score (nSPS) is 10.9. The number of alkyl halides is 3. The van der Waals surface area contributed by atoms with Gasteiger partial charge < -0.3 is 10.6 Å². The van der Waals surface area contributed by atoms with Crippen LogP contribution in [0.5, 0.6) is 0 Å². The zero-order chi connectivity index (χ0) is 18.6. The molecule has 130 valence electrons. The molecule has 0 fully saturated rings. The Hall–Kier alpha value is -2.53. The molecule has 25 heavy (non-hydrogen) atoms. The van der Waals surface area contributed by atoms with Gasteiger partial charge in [-0.05, 0) is 48.9 Å². The number of anilines is 2. The first-order valence-corrected chi connectivity index (χ1v) is 7.91. The van der Waals surface area contributed by atoms with Gasteiger partial charge in [-0.25, -0.2) is 0 Å². The molecule has 0 saturated carbocycles. The molecule has 0 bridgehead atoms. The molecular weight excluding hydrogens is 399 g/mol. The van der Waals surface area contributed by atoms with Gasteiger partial charge in [0.25, 0.3) is 0 Å². The maximum atomic E-state index is 12.9. The van der Waals surface area contributed by atoms with Crippen LogP contribution >= 0.6 is 15.9 Å². The monoisotopic (exact) mass is 411 g/mol. The van der Waals surface area contributed by atoms with Crippen molar-refractivity contribution in [2.45, 2.75) is 13.1 Å². The minimum atomic E-state index is -4.64. The molecule has 0 unspecified atom stereocenters. The molecule has 0 aliphatic heterocycles. The van der Waals surface area contributed by atoms with Gasteiger partial charge in [0.15, 0.2) is 0 Å². The molecule has 2 aromatic carbocycles. The third kappa shape index (κ3) is 4.97. The summed E-state index contributed by atoms with van der Waals surface area (Å²) in [6.45, 7) is 1.61. The quantitative estimate of drug-likeness (QED) is 0.766. The number of hydrogen-bond acceptors (Lipinski definition) is 3. The van der Waals surface area contributed by atoms with Crippen molar-refractivity contribution in [2.24, 2.45) is 0 Å². The van der Waals surface area contributed by atoms with Gasteiger partial charge in [-0.3, -0.25) is 4.79 Å². The van der Waals surface area contributed by atoms with Crippen molar-refractivity contribution in [2.75, 3.05) is 17.2 Å². The minimum Gasteiger partial charge on any atom is -0.376 e. The Bertz CT molecular complexity index is 844. The third-order valence-corrected chi connectivity index (χ3v) is 3.85. The first-order chi connectivity index (χ1) is 11.7. The lowest BCUT2D eigenvalue weighted by Crippen LogP contribution is -2.22. The Morgan fingerprint density at radius 2 is 1.96 bits per heavy atom. The van der Waals surface area contributed by atoms with Gasteiger partial charge in [0.05, 0.1) is 23.7 Å². The fourth-order valence-electron chi connectivity index (χ4n) is 2.13. The molecule has 0 aromatic heterocycles. The van der Waals surface area contributed by atoms with Crippen molar-refractivity contribution in [3.05, 3.63) is 57.6 Å². The van der Waals surface area contributed by atoms with Crippen LogP contribution in [0, 0.1) is 18.3 Å². The van der Waals surface area contributed by atoms with Gasteiger partial charge >= 0.3 is 6.18 Å². The third-order valence-electron chi connectivity index (χ3n) is 3.36. The Labute approximate surface area is 150 Å². The number of rotatable bonds is 4. The van der Waals surface area contributed by atoms with Crippen molar-refractivity contribution in [1.82, 2.24) is 0 Å². The van der Waals surface area contributed by atoms with Gasteiger partial charge in [-0.15, -0.1) is 0 Å². The topological polar surface area (TPSA) is 64.9 Å². The maximum Gasteiger partial charge on any atom is 0.417 e. The highest BCUT2D eigenvalue weighted by molar-refractivity contribution is 9.10. The molecule has 8 heteroatoms. The van der Waals surface area contributed by atoms with Crippen LogP contribution in [-0.2, 0) is 11.0 Å². The van der Waals surface area contributed by atoms with E-state index in [0.717, 1.165) is 22.2 Å². The van der Waals surface area contributed by atoms with Crippen LogP contribution in [-0.4, -0.2) is 12.5 Å². The fourth-order valence-corrected chi connectivity index (χ4v) is 2.61. The lowest BCUT2D eigenvalue weighted by molar-refractivity contribution is -0.137. The number of nitrogens with zero attached hydrogens (tertiary/aromatic N) is 1. The summed E-state index contributed by atoms with van der Waals surface area (Å²) in [5.41, 5.74) is 0.0671. The summed E-state index contributed by atoms with van der Waals surface area (Å²) < 4.78 is 39.6. The Kier molecular flexibility index (Phi) is 5.69. The van der Waals surface area contributed by atoms with E-state index in [1.54, 1.807) is 12.1 Å². The molecule has 0 atom stereocenters. The van der Waals surface area contributed by atoms with Crippen LogP contribution in [0.3, 0.4) is 0 Å². The van der Waals surface area contributed by atoms with Crippen molar-refractivity contribution < 1.29 is 18.0 Å². The number of carbonyl (C=O) groups excluding carboxylic acids is 1. The molecule has 2 N–H and O–H groups in total. The summed E-state index contributed by atoms with van der Waals surface area (Å²) in [6, 6.07) is 10.0. The summed E-state index contributed by atoms with van der Waals surface area (Å²) in [4.78, 5) is 12.0. The molecule has 0 saturated heterocycles. The van der Waals surface area contributed by atoms with E-state index >= 15 is 0 Å². The van der Waals surface area contributed by atoms with Crippen molar-refractivity contribution in [1.29, 1.82) is 5.26 Å². The molecule has 2 aromatic rings. The van der Waals surface area contributed by atoms with Crippen LogP contribution in [0.25, 0.3) is 0 Å². The van der Waals surface area contributed by atoms with E-state index in [1.807, 2.05) is 13.0 Å². The van der Waals surface area contributed by atoms with E-state index in [-0.39, 0.29) is 12.2 Å². The Morgan fingerprint density at radius 1 is 1.24 bits per heavy atom. The summed E-state index contributed by atoms with van der Waals surface area (Å²) in [5, 5.41) is 14.1. The molecule has 0 spiro atoms. The summed E-state index contributed by atoms with van der Waals surface area (Å²) in [7, 11) is 0. The Morgan fingerprint density at radius 3 is 2.56 bits per heavy atom. The number of benzene rings is 2. The van der Waals surface area contributed by atoms with E-state index in [9.17, 15) is 18.0 Å². The minimum absolute atomic E-state index is 0.106. The molecule has 0 aliphatic rings. The summed E-state index contributed by atoms with van der Waals surface area (Å²) in [5.74, 6) is -0.400. The smallest absolute Gasteiger partial charge is 0.376 e. The highest BCUT2D eigenvalue weighted by Gasteiger charge is 2.33. The largest absolute Gasteiger partial charge is 0.417 e. The molecule has 2 rings (SSSR count). The number of hydrogen-bond donors (Lipinski definition) is 2. The van der Waals surface area contributed by atoms with E-state index in [4.69, 9.17) is 5.26 Å². The van der Waals surface area contributed by atoms with Crippen LogP contribution < -0.4 is 10.6 Å².